The maximum absolute atomic E-state index is 12.0. The van der Waals surface area contributed by atoms with E-state index in [0.717, 1.165) is 0 Å². The lowest BCUT2D eigenvalue weighted by molar-refractivity contribution is -0.138. The van der Waals surface area contributed by atoms with Crippen LogP contribution in [0.2, 0.25) is 0 Å². The van der Waals surface area contributed by atoms with Crippen LogP contribution in [0.15, 0.2) is 24.3 Å². The zero-order valence-corrected chi connectivity index (χ0v) is 14.0. The molecule has 1 saturated heterocycles. The Hall–Kier alpha value is -2.90. The van der Waals surface area contributed by atoms with Crippen LogP contribution < -0.4 is 10.6 Å². The number of anilines is 1. The van der Waals surface area contributed by atoms with E-state index in [1.165, 1.54) is 12.0 Å². The first-order valence-electron chi connectivity index (χ1n) is 8.02. The molecule has 8 heteroatoms. The average Bonchev–Trinajstić information content (AvgIpc) is 2.61. The molecule has 1 aliphatic rings. The third-order valence-corrected chi connectivity index (χ3v) is 3.78. The molecule has 0 aliphatic carbocycles. The summed E-state index contributed by atoms with van der Waals surface area (Å²) >= 11 is 0. The molecular formula is C17H21N3O5. The highest BCUT2D eigenvalue weighted by Crippen LogP contribution is 2.11. The van der Waals surface area contributed by atoms with Gasteiger partial charge in [-0.3, -0.25) is 14.4 Å². The second-order valence-electron chi connectivity index (χ2n) is 5.64. The van der Waals surface area contributed by atoms with Crippen LogP contribution in [0.25, 0.3) is 0 Å². The molecule has 1 aromatic rings. The molecule has 1 aromatic carbocycles. The minimum absolute atomic E-state index is 0.0809. The summed E-state index contributed by atoms with van der Waals surface area (Å²) in [5.41, 5.74) is 0.966. The number of rotatable bonds is 6. The molecule has 0 atom stereocenters. The largest absolute Gasteiger partial charge is 0.465 e. The van der Waals surface area contributed by atoms with Crippen LogP contribution in [0.4, 0.5) is 5.69 Å². The molecule has 1 aliphatic heterocycles. The number of nitrogens with zero attached hydrogens (tertiary/aromatic N) is 1. The highest BCUT2D eigenvalue weighted by atomic mass is 16.5. The highest BCUT2D eigenvalue weighted by molar-refractivity contribution is 5.93. The summed E-state index contributed by atoms with van der Waals surface area (Å²) in [6, 6.07) is 6.35. The Morgan fingerprint density at radius 3 is 2.56 bits per heavy atom. The van der Waals surface area contributed by atoms with Crippen LogP contribution in [-0.2, 0) is 19.1 Å². The zero-order chi connectivity index (χ0) is 18.2. The summed E-state index contributed by atoms with van der Waals surface area (Å²) in [4.78, 5) is 48.0. The van der Waals surface area contributed by atoms with Crippen molar-refractivity contribution < 1.29 is 23.9 Å². The second-order valence-corrected chi connectivity index (χ2v) is 5.64. The summed E-state index contributed by atoms with van der Waals surface area (Å²) in [6.45, 7) is 1.05. The van der Waals surface area contributed by atoms with Gasteiger partial charge < -0.3 is 20.3 Å². The molecular weight excluding hydrogens is 326 g/mol. The molecule has 2 rings (SSSR count). The normalized spacial score (nSPS) is 13.8. The number of ether oxygens (including phenoxy) is 1. The van der Waals surface area contributed by atoms with Crippen LogP contribution in [0, 0.1) is 0 Å². The maximum Gasteiger partial charge on any atom is 0.337 e. The highest BCUT2D eigenvalue weighted by Gasteiger charge is 2.20. The smallest absolute Gasteiger partial charge is 0.337 e. The number of carbonyl (C=O) groups excluding carboxylic acids is 4. The molecule has 134 valence electrons. The van der Waals surface area contributed by atoms with Crippen LogP contribution in [0.5, 0.6) is 0 Å². The average molecular weight is 347 g/mol. The maximum atomic E-state index is 12.0. The van der Waals surface area contributed by atoms with E-state index in [9.17, 15) is 19.2 Å². The number of benzene rings is 1. The van der Waals surface area contributed by atoms with E-state index < -0.39 is 5.97 Å². The first kappa shape index (κ1) is 18.4. The number of carbonyl (C=O) groups is 4. The zero-order valence-electron chi connectivity index (χ0n) is 14.0. The van der Waals surface area contributed by atoms with Crippen molar-refractivity contribution in [3.05, 3.63) is 29.8 Å². The number of hydrogen-bond donors (Lipinski definition) is 2. The van der Waals surface area contributed by atoms with Gasteiger partial charge in [0.05, 0.1) is 19.2 Å². The van der Waals surface area contributed by atoms with Crippen molar-refractivity contribution in [2.75, 3.05) is 32.1 Å². The van der Waals surface area contributed by atoms with Gasteiger partial charge in [0.15, 0.2) is 0 Å². The summed E-state index contributed by atoms with van der Waals surface area (Å²) in [5.74, 6) is -0.935. The van der Waals surface area contributed by atoms with E-state index >= 15 is 0 Å². The van der Waals surface area contributed by atoms with Gasteiger partial charge in [-0.2, -0.15) is 0 Å². The Labute approximate surface area is 145 Å². The van der Waals surface area contributed by atoms with Crippen molar-refractivity contribution in [3.8, 4) is 0 Å². The van der Waals surface area contributed by atoms with Gasteiger partial charge in [0.1, 0.15) is 0 Å². The number of amides is 3. The number of hydrogen-bond acceptors (Lipinski definition) is 5. The van der Waals surface area contributed by atoms with E-state index in [4.69, 9.17) is 0 Å². The number of nitrogens with one attached hydrogen (secondary N) is 2. The fourth-order valence-electron chi connectivity index (χ4n) is 2.44. The first-order chi connectivity index (χ1) is 12.0. The minimum Gasteiger partial charge on any atom is -0.465 e. The van der Waals surface area contributed by atoms with Gasteiger partial charge in [-0.25, -0.2) is 4.79 Å². The molecule has 2 N–H and O–H groups in total. The quantitative estimate of drug-likeness (QED) is 0.731. The predicted octanol–water partition coefficient (Wildman–Crippen LogP) is 0.540. The minimum atomic E-state index is -0.442. The van der Waals surface area contributed by atoms with Gasteiger partial charge in [-0.15, -0.1) is 0 Å². The molecule has 1 fully saturated rings. The van der Waals surface area contributed by atoms with Gasteiger partial charge in [0.25, 0.3) is 0 Å². The molecule has 0 unspecified atom stereocenters. The molecule has 0 bridgehead atoms. The summed E-state index contributed by atoms with van der Waals surface area (Å²) < 4.78 is 4.60. The summed E-state index contributed by atoms with van der Waals surface area (Å²) in [5, 5.41) is 5.36. The number of piperazine rings is 1. The molecule has 0 aromatic heterocycles. The van der Waals surface area contributed by atoms with Crippen molar-refractivity contribution in [2.24, 2.45) is 0 Å². The van der Waals surface area contributed by atoms with Gasteiger partial charge >= 0.3 is 5.97 Å². The third kappa shape index (κ3) is 5.59. The third-order valence-electron chi connectivity index (χ3n) is 3.78. The van der Waals surface area contributed by atoms with Crippen molar-refractivity contribution in [1.29, 1.82) is 0 Å². The topological polar surface area (TPSA) is 105 Å². The Morgan fingerprint density at radius 2 is 1.92 bits per heavy atom. The molecule has 8 nitrogen and oxygen atoms in total. The van der Waals surface area contributed by atoms with E-state index in [2.05, 4.69) is 15.4 Å². The second kappa shape index (κ2) is 8.81. The standard InChI is InChI=1S/C17H21N3O5/c1-25-17(24)12-5-7-13(8-6-12)19-14(21)3-2-4-16(23)20-10-9-18-15(22)11-20/h5-8H,2-4,9-11H2,1H3,(H,18,22)(H,19,21). The fraction of sp³-hybridized carbons (Fsp3) is 0.412. The molecule has 3 amide bonds. The van der Waals surface area contributed by atoms with Crippen molar-refractivity contribution in [1.82, 2.24) is 10.2 Å². The number of esters is 1. The Bertz CT molecular complexity index is 657. The van der Waals surface area contributed by atoms with Gasteiger partial charge in [-0.05, 0) is 30.7 Å². The van der Waals surface area contributed by atoms with Gasteiger partial charge in [0, 0.05) is 31.6 Å². The molecule has 0 radical (unpaired) electrons. The van der Waals surface area contributed by atoms with Gasteiger partial charge in [0.2, 0.25) is 17.7 Å². The van der Waals surface area contributed by atoms with E-state index in [1.807, 2.05) is 0 Å². The van der Waals surface area contributed by atoms with Crippen molar-refractivity contribution in [3.63, 3.8) is 0 Å². The predicted molar refractivity (Wildman–Crippen MR) is 89.9 cm³/mol. The Kier molecular flexibility index (Phi) is 6.50. The Balaban J connectivity index is 1.72. The lowest BCUT2D eigenvalue weighted by Gasteiger charge is -2.26. The molecule has 1 heterocycles. The Morgan fingerprint density at radius 1 is 1.20 bits per heavy atom. The first-order valence-corrected chi connectivity index (χ1v) is 8.02. The summed E-state index contributed by atoms with van der Waals surface area (Å²) in [6.07, 6.45) is 0.829. The SMILES string of the molecule is COC(=O)c1ccc(NC(=O)CCCC(=O)N2CCNC(=O)C2)cc1. The lowest BCUT2D eigenvalue weighted by atomic mass is 10.2. The van der Waals surface area contributed by atoms with Crippen molar-refractivity contribution in [2.45, 2.75) is 19.3 Å². The molecule has 0 saturated carbocycles. The van der Waals surface area contributed by atoms with Crippen LogP contribution in [0.3, 0.4) is 0 Å². The number of methoxy groups -OCH3 is 1. The van der Waals surface area contributed by atoms with E-state index in [-0.39, 0.29) is 37.1 Å². The van der Waals surface area contributed by atoms with E-state index in [0.29, 0.717) is 30.8 Å². The van der Waals surface area contributed by atoms with Crippen molar-refractivity contribution >= 4 is 29.4 Å². The van der Waals surface area contributed by atoms with E-state index in [1.54, 1.807) is 24.3 Å². The van der Waals surface area contributed by atoms with Crippen LogP contribution >= 0.6 is 0 Å². The molecule has 25 heavy (non-hydrogen) atoms. The van der Waals surface area contributed by atoms with Crippen LogP contribution in [0.1, 0.15) is 29.6 Å². The fourth-order valence-corrected chi connectivity index (χ4v) is 2.44. The monoisotopic (exact) mass is 347 g/mol. The van der Waals surface area contributed by atoms with Gasteiger partial charge in [-0.1, -0.05) is 0 Å². The molecule has 0 spiro atoms. The van der Waals surface area contributed by atoms with Crippen LogP contribution in [-0.4, -0.2) is 55.3 Å². The summed E-state index contributed by atoms with van der Waals surface area (Å²) in [7, 11) is 1.30. The lowest BCUT2D eigenvalue weighted by Crippen LogP contribution is -2.49.